The van der Waals surface area contributed by atoms with E-state index in [1.807, 2.05) is 53.1 Å². The lowest BCUT2D eigenvalue weighted by Gasteiger charge is -2.11. The Kier molecular flexibility index (Phi) is 5.09. The highest BCUT2D eigenvalue weighted by Crippen LogP contribution is 2.33. The van der Waals surface area contributed by atoms with E-state index in [0.717, 1.165) is 25.1 Å². The van der Waals surface area contributed by atoms with Crippen molar-refractivity contribution in [2.75, 3.05) is 0 Å². The average Bonchev–Trinajstić information content (AvgIpc) is 3.18. The van der Waals surface area contributed by atoms with E-state index in [1.165, 1.54) is 12.1 Å². The van der Waals surface area contributed by atoms with E-state index >= 15 is 0 Å². The summed E-state index contributed by atoms with van der Waals surface area (Å²) in [5.74, 6) is -0.424. The summed E-state index contributed by atoms with van der Waals surface area (Å²) in [4.78, 5) is 12.8. The number of hydrogen-bond donors (Lipinski definition) is 1. The number of nitrogens with zero attached hydrogens (tertiary/aromatic N) is 1. The topological polar surface area (TPSA) is 34.0 Å². The molecule has 1 N–H and O–H groups in total. The second-order valence-corrected chi connectivity index (χ2v) is 8.68. The zero-order valence-corrected chi connectivity index (χ0v) is 16.7. The fourth-order valence-electron chi connectivity index (χ4n) is 3.06. The molecule has 2 aromatic heterocycles. The quantitative estimate of drug-likeness (QED) is 0.429. The van der Waals surface area contributed by atoms with E-state index in [4.69, 9.17) is 0 Å². The van der Waals surface area contributed by atoms with Crippen molar-refractivity contribution in [1.82, 2.24) is 9.88 Å². The molecule has 0 atom stereocenters. The lowest BCUT2D eigenvalue weighted by Crippen LogP contribution is -2.25. The maximum absolute atomic E-state index is 13.6. The molecule has 0 bridgehead atoms. The molecule has 6 heteroatoms. The van der Waals surface area contributed by atoms with Crippen molar-refractivity contribution in [1.29, 1.82) is 0 Å². The summed E-state index contributed by atoms with van der Waals surface area (Å²) >= 11 is 5.08. The van der Waals surface area contributed by atoms with Crippen LogP contribution < -0.4 is 5.32 Å². The van der Waals surface area contributed by atoms with Crippen LogP contribution in [0.2, 0.25) is 0 Å². The Labute approximate surface area is 168 Å². The number of fused-ring (bicyclic) bond motifs is 1. The van der Waals surface area contributed by atoms with Gasteiger partial charge in [-0.15, -0.1) is 11.3 Å². The van der Waals surface area contributed by atoms with Crippen LogP contribution >= 0.6 is 27.3 Å². The van der Waals surface area contributed by atoms with Gasteiger partial charge in [-0.3, -0.25) is 4.79 Å². The highest BCUT2D eigenvalue weighted by Gasteiger charge is 2.18. The van der Waals surface area contributed by atoms with Gasteiger partial charge in [0, 0.05) is 13.1 Å². The molecule has 1 amide bonds. The Morgan fingerprint density at radius 2 is 1.81 bits per heavy atom. The van der Waals surface area contributed by atoms with Crippen LogP contribution in [0.5, 0.6) is 0 Å². The van der Waals surface area contributed by atoms with Crippen LogP contribution in [0.3, 0.4) is 0 Å². The van der Waals surface area contributed by atoms with Gasteiger partial charge in [0.1, 0.15) is 11.5 Å². The number of benzene rings is 2. The van der Waals surface area contributed by atoms with Crippen molar-refractivity contribution in [3.63, 3.8) is 0 Å². The maximum atomic E-state index is 13.6. The summed E-state index contributed by atoms with van der Waals surface area (Å²) in [7, 11) is 0. The molecule has 0 fully saturated rings. The third-order valence-corrected chi connectivity index (χ3v) is 5.89. The highest BCUT2D eigenvalue weighted by molar-refractivity contribution is 9.11. The number of amides is 1. The molecular formula is C21H16BrFN2OS. The molecule has 0 saturated heterocycles. The summed E-state index contributed by atoms with van der Waals surface area (Å²) in [5.41, 5.74) is 3.38. The monoisotopic (exact) mass is 442 g/mol. The van der Waals surface area contributed by atoms with Crippen molar-refractivity contribution in [3.8, 4) is 0 Å². The van der Waals surface area contributed by atoms with Crippen molar-refractivity contribution < 1.29 is 9.18 Å². The number of halogens is 2. The van der Waals surface area contributed by atoms with Crippen LogP contribution in [-0.2, 0) is 13.1 Å². The Morgan fingerprint density at radius 1 is 1.04 bits per heavy atom. The number of hydrogen-bond acceptors (Lipinski definition) is 2. The molecule has 3 nitrogen and oxygen atoms in total. The maximum Gasteiger partial charge on any atom is 0.268 e. The Hall–Kier alpha value is -2.44. The molecule has 0 radical (unpaired) electrons. The third-order valence-electron chi connectivity index (χ3n) is 4.32. The summed E-state index contributed by atoms with van der Waals surface area (Å²) < 4.78 is 17.5. The molecule has 2 aromatic carbocycles. The van der Waals surface area contributed by atoms with Crippen LogP contribution in [-0.4, -0.2) is 10.5 Å². The Morgan fingerprint density at radius 3 is 2.59 bits per heavy atom. The lowest BCUT2D eigenvalue weighted by molar-refractivity contribution is 0.0942. The lowest BCUT2D eigenvalue weighted by atomic mass is 10.2. The zero-order valence-electron chi connectivity index (χ0n) is 14.3. The summed E-state index contributed by atoms with van der Waals surface area (Å²) in [6.07, 6.45) is 0. The first-order chi connectivity index (χ1) is 13.1. The molecule has 4 rings (SSSR count). The number of aromatic nitrogens is 1. The van der Waals surface area contributed by atoms with Crippen molar-refractivity contribution >= 4 is 43.4 Å². The first-order valence-electron chi connectivity index (χ1n) is 8.45. The standard InChI is InChI=1S/C21H16BrFN2OS/c22-20-11-17-19(27-20)10-18(21(26)24-12-14-5-2-1-3-6-14)25(17)13-15-7-4-8-16(23)9-15/h1-11H,12-13H2,(H,24,26). The van der Waals surface area contributed by atoms with Crippen molar-refractivity contribution in [2.45, 2.75) is 13.1 Å². The van der Waals surface area contributed by atoms with Gasteiger partial charge in [0.15, 0.2) is 0 Å². The van der Waals surface area contributed by atoms with Gasteiger partial charge >= 0.3 is 0 Å². The number of rotatable bonds is 5. The van der Waals surface area contributed by atoms with Gasteiger partial charge in [0.2, 0.25) is 0 Å². The normalized spacial score (nSPS) is 11.0. The summed E-state index contributed by atoms with van der Waals surface area (Å²) in [6, 6.07) is 20.1. The van der Waals surface area contributed by atoms with E-state index in [0.29, 0.717) is 18.8 Å². The van der Waals surface area contributed by atoms with Gasteiger partial charge in [-0.1, -0.05) is 42.5 Å². The summed E-state index contributed by atoms with van der Waals surface area (Å²) in [5, 5.41) is 2.98. The van der Waals surface area contributed by atoms with Crippen molar-refractivity contribution in [2.24, 2.45) is 0 Å². The number of carbonyl (C=O) groups excluding carboxylic acids is 1. The molecule has 0 spiro atoms. The number of nitrogens with one attached hydrogen (secondary N) is 1. The predicted molar refractivity (Wildman–Crippen MR) is 111 cm³/mol. The Bertz CT molecular complexity index is 1100. The minimum Gasteiger partial charge on any atom is -0.347 e. The minimum atomic E-state index is -0.280. The largest absolute Gasteiger partial charge is 0.347 e. The van der Waals surface area contributed by atoms with E-state index in [2.05, 4.69) is 21.2 Å². The number of thiophene rings is 1. The van der Waals surface area contributed by atoms with E-state index in [-0.39, 0.29) is 11.7 Å². The molecule has 0 aliphatic carbocycles. The van der Waals surface area contributed by atoms with Crippen molar-refractivity contribution in [3.05, 3.63) is 93.2 Å². The Balaban J connectivity index is 1.65. The second-order valence-electron chi connectivity index (χ2n) is 6.21. The van der Waals surface area contributed by atoms with E-state index < -0.39 is 0 Å². The molecular weight excluding hydrogens is 427 g/mol. The smallest absolute Gasteiger partial charge is 0.268 e. The van der Waals surface area contributed by atoms with Crippen LogP contribution in [0.1, 0.15) is 21.6 Å². The highest BCUT2D eigenvalue weighted by atomic mass is 79.9. The second kappa shape index (κ2) is 7.66. The SMILES string of the molecule is O=C(NCc1ccccc1)c1cc2sc(Br)cc2n1Cc1cccc(F)c1. The van der Waals surface area contributed by atoms with E-state index in [1.54, 1.807) is 17.4 Å². The number of carbonyl (C=O) groups is 1. The third kappa shape index (κ3) is 3.96. The fourth-order valence-corrected chi connectivity index (χ4v) is 4.62. The van der Waals surface area contributed by atoms with Crippen LogP contribution in [0.15, 0.2) is 70.5 Å². The van der Waals surface area contributed by atoms with Gasteiger partial charge in [-0.05, 0) is 51.3 Å². The van der Waals surface area contributed by atoms with Gasteiger partial charge in [-0.25, -0.2) is 4.39 Å². The van der Waals surface area contributed by atoms with Crippen LogP contribution in [0.4, 0.5) is 4.39 Å². The average molecular weight is 443 g/mol. The van der Waals surface area contributed by atoms with Gasteiger partial charge in [0.25, 0.3) is 5.91 Å². The molecule has 27 heavy (non-hydrogen) atoms. The predicted octanol–water partition coefficient (Wildman–Crippen LogP) is 5.58. The molecule has 0 aliphatic rings. The minimum absolute atomic E-state index is 0.144. The van der Waals surface area contributed by atoms with Gasteiger partial charge in [0.05, 0.1) is 14.0 Å². The molecule has 0 aliphatic heterocycles. The molecule has 4 aromatic rings. The molecule has 0 unspecified atom stereocenters. The first kappa shape index (κ1) is 17.9. The van der Waals surface area contributed by atoms with Crippen LogP contribution in [0, 0.1) is 5.82 Å². The first-order valence-corrected chi connectivity index (χ1v) is 10.1. The molecule has 0 saturated carbocycles. The van der Waals surface area contributed by atoms with Gasteiger partial charge < -0.3 is 9.88 Å². The zero-order chi connectivity index (χ0) is 18.8. The van der Waals surface area contributed by atoms with Crippen LogP contribution in [0.25, 0.3) is 10.2 Å². The molecule has 136 valence electrons. The fraction of sp³-hybridized carbons (Fsp3) is 0.0952. The van der Waals surface area contributed by atoms with Gasteiger partial charge in [-0.2, -0.15) is 0 Å². The van der Waals surface area contributed by atoms with E-state index in [9.17, 15) is 9.18 Å². The molecule has 2 heterocycles. The summed E-state index contributed by atoms with van der Waals surface area (Å²) in [6.45, 7) is 0.890.